The van der Waals surface area contributed by atoms with E-state index in [1.54, 1.807) is 37.5 Å². The van der Waals surface area contributed by atoms with E-state index in [1.807, 2.05) is 30.3 Å². The fraction of sp³-hybridized carbons (Fsp3) is 0.250. The van der Waals surface area contributed by atoms with Gasteiger partial charge < -0.3 is 10.2 Å². The first kappa shape index (κ1) is 22.1. The van der Waals surface area contributed by atoms with Crippen LogP contribution in [-0.2, 0) is 16.6 Å². The van der Waals surface area contributed by atoms with E-state index in [4.69, 9.17) is 10.2 Å². The number of benzene rings is 2. The van der Waals surface area contributed by atoms with Crippen molar-refractivity contribution >= 4 is 22.4 Å². The van der Waals surface area contributed by atoms with E-state index in [0.717, 1.165) is 11.1 Å². The lowest BCUT2D eigenvalue weighted by Gasteiger charge is -2.22. The fourth-order valence-electron chi connectivity index (χ4n) is 2.78. The van der Waals surface area contributed by atoms with E-state index < -0.39 is 10.0 Å². The Morgan fingerprint density at radius 2 is 1.75 bits per heavy atom. The second-order valence-electron chi connectivity index (χ2n) is 6.24. The highest BCUT2D eigenvalue weighted by atomic mass is 35.5. The average Bonchev–Trinajstić information content (AvgIpc) is 3.12. The van der Waals surface area contributed by atoms with Gasteiger partial charge in [-0.15, -0.1) is 12.4 Å². The molecule has 2 aromatic carbocycles. The predicted molar refractivity (Wildman–Crippen MR) is 112 cm³/mol. The molecule has 0 aliphatic rings. The highest BCUT2D eigenvalue weighted by Gasteiger charge is 2.24. The molecule has 0 bridgehead atoms. The Morgan fingerprint density at radius 1 is 1.07 bits per heavy atom. The van der Waals surface area contributed by atoms with Crippen LogP contribution in [0.1, 0.15) is 17.9 Å². The molecule has 28 heavy (non-hydrogen) atoms. The highest BCUT2D eigenvalue weighted by Crippen LogP contribution is 2.23. The number of aryl methyl sites for hydroxylation is 1. The summed E-state index contributed by atoms with van der Waals surface area (Å²) in [5.41, 5.74) is 8.03. The fourth-order valence-corrected chi connectivity index (χ4v) is 4.25. The first-order valence-electron chi connectivity index (χ1n) is 8.77. The van der Waals surface area contributed by atoms with Crippen molar-refractivity contribution in [3.8, 4) is 11.3 Å². The van der Waals surface area contributed by atoms with E-state index in [9.17, 15) is 8.42 Å². The molecule has 6 nitrogen and oxygen atoms in total. The minimum Gasteiger partial charge on any atom is -0.449 e. The van der Waals surface area contributed by atoms with Crippen molar-refractivity contribution in [2.45, 2.75) is 24.8 Å². The topological polar surface area (TPSA) is 89.4 Å². The molecule has 2 N–H and O–H groups in total. The van der Waals surface area contributed by atoms with Crippen molar-refractivity contribution in [1.29, 1.82) is 0 Å². The molecule has 0 fully saturated rings. The number of halogens is 1. The molecule has 0 atom stereocenters. The normalized spacial score (nSPS) is 11.4. The largest absolute Gasteiger partial charge is 0.449 e. The van der Waals surface area contributed by atoms with Crippen molar-refractivity contribution in [2.24, 2.45) is 5.73 Å². The van der Waals surface area contributed by atoms with Crippen LogP contribution in [0.25, 0.3) is 11.3 Å². The van der Waals surface area contributed by atoms with Crippen LogP contribution in [0.2, 0.25) is 0 Å². The maximum Gasteiger partial charge on any atom is 0.243 e. The van der Waals surface area contributed by atoms with Gasteiger partial charge >= 0.3 is 0 Å². The molecule has 8 heteroatoms. The summed E-state index contributed by atoms with van der Waals surface area (Å²) in [6.45, 7) is 2.89. The summed E-state index contributed by atoms with van der Waals surface area (Å²) in [5, 5.41) is 0. The molecule has 0 saturated carbocycles. The molecule has 0 radical (unpaired) electrons. The molecule has 0 aliphatic carbocycles. The van der Waals surface area contributed by atoms with Gasteiger partial charge in [0.15, 0.2) is 5.89 Å². The Bertz CT molecular complexity index is 973. The summed E-state index contributed by atoms with van der Waals surface area (Å²) < 4.78 is 33.0. The third-order valence-corrected chi connectivity index (χ3v) is 6.08. The summed E-state index contributed by atoms with van der Waals surface area (Å²) >= 11 is 0. The molecule has 0 unspecified atom stereocenters. The summed E-state index contributed by atoms with van der Waals surface area (Å²) in [5.74, 6) is 0.567. The third-order valence-electron chi connectivity index (χ3n) is 4.22. The van der Waals surface area contributed by atoms with E-state index in [1.165, 1.54) is 4.31 Å². The Labute approximate surface area is 171 Å². The summed E-state index contributed by atoms with van der Waals surface area (Å²) in [4.78, 5) is 4.51. The minimum absolute atomic E-state index is 0. The zero-order valence-corrected chi connectivity index (χ0v) is 17.2. The molecule has 150 valence electrons. The maximum absolute atomic E-state index is 13.1. The zero-order chi connectivity index (χ0) is 19.3. The Hall–Kier alpha value is -2.19. The molecular formula is C20H24ClN3O3S. The van der Waals surface area contributed by atoms with Crippen molar-refractivity contribution < 1.29 is 12.8 Å². The van der Waals surface area contributed by atoms with Gasteiger partial charge in [0.05, 0.1) is 4.90 Å². The number of oxazole rings is 1. The van der Waals surface area contributed by atoms with Gasteiger partial charge in [0.2, 0.25) is 10.0 Å². The average molecular weight is 422 g/mol. The smallest absolute Gasteiger partial charge is 0.243 e. The number of nitrogens with two attached hydrogens (primary N) is 1. The molecule has 3 aromatic rings. The lowest BCUT2D eigenvalue weighted by molar-refractivity contribution is 0.402. The summed E-state index contributed by atoms with van der Waals surface area (Å²) in [7, 11) is -3.63. The van der Waals surface area contributed by atoms with Crippen LogP contribution in [0.15, 0.2) is 70.2 Å². The van der Waals surface area contributed by atoms with Crippen LogP contribution in [-0.4, -0.2) is 30.8 Å². The van der Waals surface area contributed by atoms with Crippen LogP contribution in [0, 0.1) is 6.92 Å². The monoisotopic (exact) mass is 421 g/mol. The number of hydrogen-bond donors (Lipinski definition) is 1. The number of sulfonamides is 1. The van der Waals surface area contributed by atoms with Crippen molar-refractivity contribution in [3.63, 3.8) is 0 Å². The molecule has 3 rings (SSSR count). The number of aromatic nitrogens is 1. The standard InChI is InChI=1S/C20H23N3O3S.ClH/c1-16-22-20(15-26-16)18-8-10-19(11-9-18)27(24,25)23(13-5-12-21)14-17-6-3-2-4-7-17;/h2-4,6-11,15H,5,12-14,21H2,1H3;1H. The van der Waals surface area contributed by atoms with Gasteiger partial charge in [0, 0.05) is 25.6 Å². The van der Waals surface area contributed by atoms with Crippen molar-refractivity contribution in [1.82, 2.24) is 9.29 Å². The molecule has 1 aromatic heterocycles. The van der Waals surface area contributed by atoms with E-state index in [-0.39, 0.29) is 17.3 Å². The molecule has 0 aliphatic heterocycles. The van der Waals surface area contributed by atoms with Gasteiger partial charge in [-0.1, -0.05) is 42.5 Å². The van der Waals surface area contributed by atoms with E-state index >= 15 is 0 Å². The Morgan fingerprint density at radius 3 is 2.32 bits per heavy atom. The Balaban J connectivity index is 0.00000280. The Kier molecular flexibility index (Phi) is 7.77. The van der Waals surface area contributed by atoms with Gasteiger partial charge in [0.1, 0.15) is 12.0 Å². The van der Waals surface area contributed by atoms with E-state index in [0.29, 0.717) is 37.6 Å². The number of hydrogen-bond acceptors (Lipinski definition) is 5. The molecule has 0 amide bonds. The first-order valence-corrected chi connectivity index (χ1v) is 10.2. The molecular weight excluding hydrogens is 398 g/mol. The number of nitrogens with zero attached hydrogens (tertiary/aromatic N) is 2. The molecule has 0 saturated heterocycles. The third kappa shape index (κ3) is 5.20. The quantitative estimate of drug-likeness (QED) is 0.600. The van der Waals surface area contributed by atoms with E-state index in [2.05, 4.69) is 4.98 Å². The predicted octanol–water partition coefficient (Wildman–Crippen LogP) is 3.61. The van der Waals surface area contributed by atoms with Gasteiger partial charge in [-0.3, -0.25) is 0 Å². The summed E-state index contributed by atoms with van der Waals surface area (Å²) in [6, 6.07) is 16.2. The van der Waals surface area contributed by atoms with Gasteiger partial charge in [-0.2, -0.15) is 4.31 Å². The van der Waals surface area contributed by atoms with Gasteiger partial charge in [-0.25, -0.2) is 13.4 Å². The first-order chi connectivity index (χ1) is 13.0. The van der Waals surface area contributed by atoms with Crippen LogP contribution < -0.4 is 5.73 Å². The SMILES string of the molecule is Cc1nc(-c2ccc(S(=O)(=O)N(CCCN)Cc3ccccc3)cc2)co1.Cl. The highest BCUT2D eigenvalue weighted by molar-refractivity contribution is 7.89. The lowest BCUT2D eigenvalue weighted by Crippen LogP contribution is -2.32. The lowest BCUT2D eigenvalue weighted by atomic mass is 10.2. The zero-order valence-electron chi connectivity index (χ0n) is 15.6. The van der Waals surface area contributed by atoms with Crippen LogP contribution in [0.5, 0.6) is 0 Å². The van der Waals surface area contributed by atoms with Crippen molar-refractivity contribution in [2.75, 3.05) is 13.1 Å². The van der Waals surface area contributed by atoms with Crippen molar-refractivity contribution in [3.05, 3.63) is 72.3 Å². The molecule has 1 heterocycles. The van der Waals surface area contributed by atoms with Crippen LogP contribution in [0.3, 0.4) is 0 Å². The molecule has 0 spiro atoms. The van der Waals surface area contributed by atoms with Crippen LogP contribution in [0.4, 0.5) is 0 Å². The van der Waals surface area contributed by atoms with Crippen LogP contribution >= 0.6 is 12.4 Å². The number of rotatable bonds is 8. The second-order valence-corrected chi connectivity index (χ2v) is 8.18. The summed E-state index contributed by atoms with van der Waals surface area (Å²) in [6.07, 6.45) is 2.16. The minimum atomic E-state index is -3.63. The maximum atomic E-state index is 13.1. The van der Waals surface area contributed by atoms with Gasteiger partial charge in [-0.05, 0) is 30.7 Å². The second kappa shape index (κ2) is 9.84. The van der Waals surface area contributed by atoms with Gasteiger partial charge in [0.25, 0.3) is 0 Å².